The van der Waals surface area contributed by atoms with Gasteiger partial charge in [-0.25, -0.2) is 13.5 Å². The van der Waals surface area contributed by atoms with Gasteiger partial charge in [0.2, 0.25) is 0 Å². The van der Waals surface area contributed by atoms with E-state index in [1.807, 2.05) is 0 Å². The van der Waals surface area contributed by atoms with Gasteiger partial charge < -0.3 is 0 Å². The first-order chi connectivity index (χ1) is 6.35. The molecule has 0 saturated carbocycles. The van der Waals surface area contributed by atoms with Crippen LogP contribution in [0.2, 0.25) is 0 Å². The van der Waals surface area contributed by atoms with Crippen molar-refractivity contribution in [2.45, 2.75) is 20.8 Å². The van der Waals surface area contributed by atoms with E-state index in [0.717, 1.165) is 17.3 Å². The van der Waals surface area contributed by atoms with Crippen molar-refractivity contribution in [3.05, 3.63) is 0 Å². The summed E-state index contributed by atoms with van der Waals surface area (Å²) in [6.45, 7) is 6.43. The van der Waals surface area contributed by atoms with Crippen molar-refractivity contribution in [3.8, 4) is 0 Å². The molecule has 3 N–H and O–H groups in total. The zero-order chi connectivity index (χ0) is 9.94. The Kier molecular flexibility index (Phi) is 12.6. The molecule has 0 aromatic rings. The Labute approximate surface area is 95.7 Å². The molecule has 0 radical (unpaired) electrons. The van der Waals surface area contributed by atoms with E-state index in [9.17, 15) is 0 Å². The van der Waals surface area contributed by atoms with Gasteiger partial charge >= 0.3 is 0 Å². The molecule has 0 heterocycles. The molecule has 0 unspecified atom stereocenters. The molecule has 13 heavy (non-hydrogen) atoms. The van der Waals surface area contributed by atoms with E-state index in [0.29, 0.717) is 0 Å². The normalized spacial score (nSPS) is 11.1. The number of hydrogen-bond acceptors (Lipinski definition) is 6. The Balaban J connectivity index is 3.47. The average Bonchev–Trinajstić information content (AvgIpc) is 2.17. The second-order valence-electron chi connectivity index (χ2n) is 1.91. The van der Waals surface area contributed by atoms with Gasteiger partial charge in [-0.05, 0) is 0 Å². The predicted molar refractivity (Wildman–Crippen MR) is 70.7 cm³/mol. The highest BCUT2D eigenvalue weighted by atomic mass is 32.2. The Hall–Kier alpha value is 1.36. The lowest BCUT2D eigenvalue weighted by atomic mass is 11.0. The van der Waals surface area contributed by atoms with E-state index in [-0.39, 0.29) is 0 Å². The molecule has 0 saturated heterocycles. The van der Waals surface area contributed by atoms with Gasteiger partial charge in [0.15, 0.2) is 0 Å². The average molecular weight is 259 g/mol. The maximum absolute atomic E-state index is 3.36. The van der Waals surface area contributed by atoms with E-state index in [4.69, 9.17) is 0 Å². The SMILES string of the molecule is CCSNP(NSCC)NSCC. The summed E-state index contributed by atoms with van der Waals surface area (Å²) in [5, 5.41) is 0. The maximum atomic E-state index is 3.36. The molecule has 0 aliphatic rings. The van der Waals surface area contributed by atoms with E-state index in [2.05, 4.69) is 34.2 Å². The minimum Gasteiger partial charge on any atom is -0.215 e. The van der Waals surface area contributed by atoms with Crippen LogP contribution in [0.4, 0.5) is 0 Å². The molecular weight excluding hydrogens is 241 g/mol. The van der Waals surface area contributed by atoms with Gasteiger partial charge in [-0.2, -0.15) is 0 Å². The molecule has 0 aliphatic carbocycles. The van der Waals surface area contributed by atoms with E-state index in [1.165, 1.54) is 0 Å². The molecule has 0 atom stereocenters. The molecule has 80 valence electrons. The van der Waals surface area contributed by atoms with Gasteiger partial charge in [-0.3, -0.25) is 0 Å². The lowest BCUT2D eigenvalue weighted by Gasteiger charge is -2.17. The fraction of sp³-hybridized carbons (Fsp3) is 1.00. The number of hydrogen-bond donors (Lipinski definition) is 3. The van der Waals surface area contributed by atoms with Crippen molar-refractivity contribution in [2.24, 2.45) is 0 Å². The molecular formula is C6H18N3PS3. The van der Waals surface area contributed by atoms with Crippen LogP contribution in [0.15, 0.2) is 0 Å². The zero-order valence-corrected chi connectivity index (χ0v) is 11.6. The molecule has 0 rings (SSSR count). The Morgan fingerprint density at radius 2 is 1.08 bits per heavy atom. The minimum absolute atomic E-state index is 0.439. The fourth-order valence-electron chi connectivity index (χ4n) is 0.443. The van der Waals surface area contributed by atoms with Gasteiger partial charge in [-0.15, -0.1) is 0 Å². The molecule has 3 nitrogen and oxygen atoms in total. The van der Waals surface area contributed by atoms with Crippen LogP contribution >= 0.6 is 44.2 Å². The lowest BCUT2D eigenvalue weighted by Crippen LogP contribution is -2.16. The van der Waals surface area contributed by atoms with Gasteiger partial charge in [0.05, 0.1) is 0 Å². The first-order valence-corrected chi connectivity index (χ1v) is 8.57. The Morgan fingerprint density at radius 1 is 0.769 bits per heavy atom. The Bertz CT molecular complexity index is 90.1. The summed E-state index contributed by atoms with van der Waals surface area (Å²) in [7, 11) is -0.439. The third-order valence-corrected chi connectivity index (χ3v) is 5.51. The third kappa shape index (κ3) is 9.66. The summed E-state index contributed by atoms with van der Waals surface area (Å²) in [5.41, 5.74) is 0. The van der Waals surface area contributed by atoms with Gasteiger partial charge in [-0.1, -0.05) is 56.6 Å². The second-order valence-corrected chi connectivity index (χ2v) is 7.37. The smallest absolute Gasteiger partial charge is 0.142 e. The van der Waals surface area contributed by atoms with Crippen molar-refractivity contribution in [1.82, 2.24) is 13.5 Å². The zero-order valence-electron chi connectivity index (χ0n) is 8.29. The molecule has 0 amide bonds. The summed E-state index contributed by atoms with van der Waals surface area (Å²) in [6, 6.07) is 0. The molecule has 0 spiro atoms. The summed E-state index contributed by atoms with van der Waals surface area (Å²) < 4.78 is 10.1. The number of nitrogens with one attached hydrogen (secondary N) is 3. The van der Waals surface area contributed by atoms with E-state index >= 15 is 0 Å². The Morgan fingerprint density at radius 3 is 1.31 bits per heavy atom. The molecule has 0 aromatic carbocycles. The lowest BCUT2D eigenvalue weighted by molar-refractivity contribution is 1.39. The van der Waals surface area contributed by atoms with Crippen molar-refractivity contribution < 1.29 is 0 Å². The quantitative estimate of drug-likeness (QED) is 0.436. The summed E-state index contributed by atoms with van der Waals surface area (Å²) in [5.74, 6) is 3.28. The predicted octanol–water partition coefficient (Wildman–Crippen LogP) is 2.99. The highest BCUT2D eigenvalue weighted by Crippen LogP contribution is 2.29. The van der Waals surface area contributed by atoms with Crippen LogP contribution in [0.1, 0.15) is 20.8 Å². The van der Waals surface area contributed by atoms with Crippen molar-refractivity contribution in [1.29, 1.82) is 0 Å². The first kappa shape index (κ1) is 14.4. The highest BCUT2D eigenvalue weighted by Gasteiger charge is 2.05. The van der Waals surface area contributed by atoms with Crippen LogP contribution in [-0.2, 0) is 0 Å². The summed E-state index contributed by atoms with van der Waals surface area (Å²) in [6.07, 6.45) is 0. The van der Waals surface area contributed by atoms with Crippen molar-refractivity contribution in [2.75, 3.05) is 17.3 Å². The molecule has 7 heteroatoms. The first-order valence-electron chi connectivity index (χ1n) is 4.27. The van der Waals surface area contributed by atoms with E-state index in [1.54, 1.807) is 35.8 Å². The van der Waals surface area contributed by atoms with Crippen LogP contribution < -0.4 is 13.5 Å². The number of rotatable bonds is 9. The molecule has 0 aliphatic heterocycles. The molecule has 0 aromatic heterocycles. The monoisotopic (exact) mass is 259 g/mol. The highest BCUT2D eigenvalue weighted by molar-refractivity contribution is 8.09. The van der Waals surface area contributed by atoms with E-state index < -0.39 is 8.37 Å². The van der Waals surface area contributed by atoms with Crippen LogP contribution in [0.25, 0.3) is 0 Å². The van der Waals surface area contributed by atoms with Crippen LogP contribution in [0.3, 0.4) is 0 Å². The third-order valence-electron chi connectivity index (χ3n) is 0.901. The molecule has 0 bridgehead atoms. The van der Waals surface area contributed by atoms with Crippen molar-refractivity contribution >= 4 is 44.2 Å². The summed E-state index contributed by atoms with van der Waals surface area (Å²) >= 11 is 5.23. The molecule has 0 fully saturated rings. The topological polar surface area (TPSA) is 36.1 Å². The van der Waals surface area contributed by atoms with Crippen molar-refractivity contribution in [3.63, 3.8) is 0 Å². The van der Waals surface area contributed by atoms with Gasteiger partial charge in [0, 0.05) is 17.3 Å². The largest absolute Gasteiger partial charge is 0.215 e. The van der Waals surface area contributed by atoms with Gasteiger partial charge in [0.25, 0.3) is 0 Å². The maximum Gasteiger partial charge on any atom is 0.142 e. The van der Waals surface area contributed by atoms with Crippen LogP contribution in [-0.4, -0.2) is 17.3 Å². The minimum atomic E-state index is -0.439. The van der Waals surface area contributed by atoms with Gasteiger partial charge in [0.1, 0.15) is 8.37 Å². The van der Waals surface area contributed by atoms with Crippen LogP contribution in [0.5, 0.6) is 0 Å². The van der Waals surface area contributed by atoms with Crippen LogP contribution in [0, 0.1) is 0 Å². The fourth-order valence-corrected chi connectivity index (χ4v) is 5.00. The summed E-state index contributed by atoms with van der Waals surface area (Å²) in [4.78, 5) is 0. The second kappa shape index (κ2) is 11.4. The standard InChI is InChI=1S/C6H18N3PS3/c1-4-11-7-10(8-12-5-2)9-13-6-3/h7-9H,4-6H2,1-3H3.